The zero-order chi connectivity index (χ0) is 15.5. The molecule has 0 bridgehead atoms. The molecule has 0 spiro atoms. The van der Waals surface area contributed by atoms with E-state index in [1.807, 2.05) is 0 Å². The number of hydrogen-bond acceptors (Lipinski definition) is 3. The Bertz CT molecular complexity index is 689. The molecule has 0 fully saturated rings. The van der Waals surface area contributed by atoms with Crippen LogP contribution >= 0.6 is 11.6 Å². The van der Waals surface area contributed by atoms with Gasteiger partial charge in [-0.05, 0) is 37.1 Å². The maximum absolute atomic E-state index is 12.1. The van der Waals surface area contributed by atoms with Gasteiger partial charge in [0.25, 0.3) is 5.91 Å². The summed E-state index contributed by atoms with van der Waals surface area (Å²) in [7, 11) is 0. The van der Waals surface area contributed by atoms with Crippen molar-refractivity contribution < 1.29 is 4.79 Å². The van der Waals surface area contributed by atoms with Crippen molar-refractivity contribution in [2.45, 2.75) is 19.4 Å². The molecule has 1 unspecified atom stereocenters. The van der Waals surface area contributed by atoms with Crippen LogP contribution in [-0.4, -0.2) is 30.0 Å². The smallest absolute Gasteiger partial charge is 0.251 e. The Morgan fingerprint density at radius 3 is 3.05 bits per heavy atom. The quantitative estimate of drug-likeness (QED) is 0.882. The molecular formula is C17H18ClN3O. The van der Waals surface area contributed by atoms with Crippen molar-refractivity contribution in [3.8, 4) is 0 Å². The molecule has 22 heavy (non-hydrogen) atoms. The fourth-order valence-corrected chi connectivity index (χ4v) is 3.08. The molecule has 5 heteroatoms. The lowest BCUT2D eigenvalue weighted by molar-refractivity contribution is 0.0954. The number of fused-ring (bicyclic) bond motifs is 1. The van der Waals surface area contributed by atoms with Gasteiger partial charge >= 0.3 is 0 Å². The number of amides is 1. The molecule has 0 aliphatic carbocycles. The zero-order valence-corrected chi connectivity index (χ0v) is 13.2. The van der Waals surface area contributed by atoms with E-state index in [4.69, 9.17) is 11.6 Å². The minimum Gasteiger partial charge on any atom is -0.367 e. The molecular weight excluding hydrogens is 298 g/mol. The third-order valence-corrected chi connectivity index (χ3v) is 4.18. The van der Waals surface area contributed by atoms with Gasteiger partial charge in [0.1, 0.15) is 5.15 Å². The molecule has 114 valence electrons. The van der Waals surface area contributed by atoms with E-state index in [9.17, 15) is 4.79 Å². The summed E-state index contributed by atoms with van der Waals surface area (Å²) in [6.45, 7) is 3.60. The minimum atomic E-state index is -0.121. The van der Waals surface area contributed by atoms with Crippen LogP contribution in [0.4, 0.5) is 5.69 Å². The number of rotatable bonds is 4. The number of aromatic nitrogens is 1. The average molecular weight is 316 g/mol. The molecule has 1 aliphatic heterocycles. The highest BCUT2D eigenvalue weighted by atomic mass is 35.5. The van der Waals surface area contributed by atoms with E-state index in [1.165, 1.54) is 17.4 Å². The number of anilines is 1. The number of para-hydroxylation sites is 1. The van der Waals surface area contributed by atoms with Gasteiger partial charge in [-0.15, -0.1) is 0 Å². The zero-order valence-electron chi connectivity index (χ0n) is 12.4. The first-order valence-corrected chi connectivity index (χ1v) is 7.77. The molecule has 1 aromatic heterocycles. The number of benzene rings is 1. The van der Waals surface area contributed by atoms with Crippen LogP contribution in [0.3, 0.4) is 0 Å². The summed E-state index contributed by atoms with van der Waals surface area (Å²) in [5, 5.41) is 3.27. The molecule has 1 atom stereocenters. The van der Waals surface area contributed by atoms with Crippen LogP contribution in [0, 0.1) is 0 Å². The van der Waals surface area contributed by atoms with Crippen molar-refractivity contribution in [3.05, 3.63) is 58.9 Å². The maximum Gasteiger partial charge on any atom is 0.251 e. The fraction of sp³-hybridized carbons (Fsp3) is 0.294. The van der Waals surface area contributed by atoms with Gasteiger partial charge < -0.3 is 10.2 Å². The monoisotopic (exact) mass is 315 g/mol. The molecule has 0 saturated carbocycles. The van der Waals surface area contributed by atoms with Crippen LogP contribution in [0.25, 0.3) is 0 Å². The fourth-order valence-electron chi connectivity index (χ4n) is 2.91. The Morgan fingerprint density at radius 1 is 1.41 bits per heavy atom. The summed E-state index contributed by atoms with van der Waals surface area (Å²) in [5.41, 5.74) is 3.19. The van der Waals surface area contributed by atoms with Gasteiger partial charge in [0.15, 0.2) is 0 Å². The van der Waals surface area contributed by atoms with Crippen LogP contribution in [0.15, 0.2) is 42.6 Å². The Balaban J connectivity index is 1.58. The van der Waals surface area contributed by atoms with Crippen molar-refractivity contribution in [2.75, 3.05) is 18.0 Å². The second kappa shape index (κ2) is 6.36. The summed E-state index contributed by atoms with van der Waals surface area (Å²) in [4.78, 5) is 18.3. The number of hydrogen-bond donors (Lipinski definition) is 1. The maximum atomic E-state index is 12.1. The lowest BCUT2D eigenvalue weighted by Crippen LogP contribution is -2.37. The molecule has 0 radical (unpaired) electrons. The first-order chi connectivity index (χ1) is 10.6. The first-order valence-electron chi connectivity index (χ1n) is 7.39. The highest BCUT2D eigenvalue weighted by Crippen LogP contribution is 2.31. The van der Waals surface area contributed by atoms with Crippen LogP contribution in [-0.2, 0) is 6.42 Å². The Hall–Kier alpha value is -2.07. The van der Waals surface area contributed by atoms with Gasteiger partial charge in [0.2, 0.25) is 0 Å². The van der Waals surface area contributed by atoms with Crippen LogP contribution < -0.4 is 10.2 Å². The molecule has 3 rings (SSSR count). The molecule has 1 aliphatic rings. The summed E-state index contributed by atoms with van der Waals surface area (Å²) < 4.78 is 0. The largest absolute Gasteiger partial charge is 0.367 e. The lowest BCUT2D eigenvalue weighted by Gasteiger charge is -2.25. The number of nitrogens with zero attached hydrogens (tertiary/aromatic N) is 2. The van der Waals surface area contributed by atoms with Crippen LogP contribution in [0.1, 0.15) is 22.8 Å². The Morgan fingerprint density at radius 2 is 2.23 bits per heavy atom. The van der Waals surface area contributed by atoms with Crippen LogP contribution in [0.2, 0.25) is 5.15 Å². The lowest BCUT2D eigenvalue weighted by atomic mass is 10.1. The summed E-state index contributed by atoms with van der Waals surface area (Å²) in [6.07, 6.45) is 2.60. The van der Waals surface area contributed by atoms with Gasteiger partial charge in [0.05, 0.1) is 0 Å². The summed E-state index contributed by atoms with van der Waals surface area (Å²) >= 11 is 5.80. The number of pyridine rings is 1. The van der Waals surface area contributed by atoms with Gasteiger partial charge in [-0.25, -0.2) is 4.98 Å². The van der Waals surface area contributed by atoms with E-state index in [-0.39, 0.29) is 5.91 Å². The number of carbonyl (C=O) groups is 1. The van der Waals surface area contributed by atoms with E-state index >= 15 is 0 Å². The SMILES string of the molecule is CC1Cc2ccccc2N1CCNC(=O)c1ccnc(Cl)c1. The number of halogens is 1. The van der Waals surface area contributed by atoms with Gasteiger partial charge in [-0.1, -0.05) is 29.8 Å². The molecule has 2 heterocycles. The minimum absolute atomic E-state index is 0.121. The predicted octanol–water partition coefficient (Wildman–Crippen LogP) is 2.92. The van der Waals surface area contributed by atoms with E-state index in [0.29, 0.717) is 23.3 Å². The molecule has 1 aromatic carbocycles. The van der Waals surface area contributed by atoms with Crippen molar-refractivity contribution in [1.82, 2.24) is 10.3 Å². The topological polar surface area (TPSA) is 45.2 Å². The molecule has 2 aromatic rings. The second-order valence-electron chi connectivity index (χ2n) is 5.50. The third kappa shape index (κ3) is 3.07. The van der Waals surface area contributed by atoms with Crippen molar-refractivity contribution >= 4 is 23.2 Å². The van der Waals surface area contributed by atoms with Crippen molar-refractivity contribution in [1.29, 1.82) is 0 Å². The van der Waals surface area contributed by atoms with E-state index in [0.717, 1.165) is 13.0 Å². The Kier molecular flexibility index (Phi) is 4.29. The molecule has 1 N–H and O–H groups in total. The van der Waals surface area contributed by atoms with Gasteiger partial charge in [0, 0.05) is 36.6 Å². The van der Waals surface area contributed by atoms with Crippen molar-refractivity contribution in [2.24, 2.45) is 0 Å². The number of carbonyl (C=O) groups excluding carboxylic acids is 1. The molecule has 0 saturated heterocycles. The predicted molar refractivity (Wildman–Crippen MR) is 88.5 cm³/mol. The Labute approximate surface area is 135 Å². The van der Waals surface area contributed by atoms with E-state index < -0.39 is 0 Å². The van der Waals surface area contributed by atoms with Gasteiger partial charge in [-0.2, -0.15) is 0 Å². The standard InChI is InChI=1S/C17H18ClN3O/c1-12-10-13-4-2-3-5-15(13)21(12)9-8-20-17(22)14-6-7-19-16(18)11-14/h2-7,11-12H,8-10H2,1H3,(H,20,22). The second-order valence-corrected chi connectivity index (χ2v) is 5.89. The first kappa shape index (κ1) is 14.9. The third-order valence-electron chi connectivity index (χ3n) is 3.98. The number of nitrogens with one attached hydrogen (secondary N) is 1. The molecule has 4 nitrogen and oxygen atoms in total. The molecule has 1 amide bonds. The average Bonchev–Trinajstić information content (AvgIpc) is 2.83. The highest BCUT2D eigenvalue weighted by molar-refractivity contribution is 6.29. The summed E-state index contributed by atoms with van der Waals surface area (Å²) in [6, 6.07) is 12.1. The van der Waals surface area contributed by atoms with E-state index in [2.05, 4.69) is 46.4 Å². The van der Waals surface area contributed by atoms with Crippen LogP contribution in [0.5, 0.6) is 0 Å². The highest BCUT2D eigenvalue weighted by Gasteiger charge is 2.24. The normalized spacial score (nSPS) is 16.5. The summed E-state index contributed by atoms with van der Waals surface area (Å²) in [5.74, 6) is -0.121. The van der Waals surface area contributed by atoms with E-state index in [1.54, 1.807) is 12.1 Å². The van der Waals surface area contributed by atoms with Gasteiger partial charge in [-0.3, -0.25) is 4.79 Å². The van der Waals surface area contributed by atoms with Crippen molar-refractivity contribution in [3.63, 3.8) is 0 Å².